The second kappa shape index (κ2) is 10.2. The van der Waals surface area contributed by atoms with Gasteiger partial charge in [-0.25, -0.2) is 8.42 Å². The Balaban J connectivity index is 2.21. The highest BCUT2D eigenvalue weighted by Crippen LogP contribution is 2.25. The summed E-state index contributed by atoms with van der Waals surface area (Å²) in [5, 5.41) is 3.05. The minimum absolute atomic E-state index is 0.0142. The van der Waals surface area contributed by atoms with Crippen LogP contribution in [0, 0.1) is 6.92 Å². The molecule has 0 bridgehead atoms. The number of carbonyl (C=O) groups is 1. The molecule has 0 saturated heterocycles. The van der Waals surface area contributed by atoms with Crippen molar-refractivity contribution in [2.24, 2.45) is 5.73 Å². The van der Waals surface area contributed by atoms with Gasteiger partial charge in [0, 0.05) is 10.7 Å². The van der Waals surface area contributed by atoms with Gasteiger partial charge in [0.2, 0.25) is 15.9 Å². The number of sulfonamides is 1. The van der Waals surface area contributed by atoms with E-state index in [9.17, 15) is 13.2 Å². The first-order chi connectivity index (χ1) is 13.2. The van der Waals surface area contributed by atoms with Crippen LogP contribution in [0.25, 0.3) is 0 Å². The molecule has 0 aliphatic rings. The summed E-state index contributed by atoms with van der Waals surface area (Å²) in [6, 6.07) is 10.3. The summed E-state index contributed by atoms with van der Waals surface area (Å²) in [6.45, 7) is 2.40. The molecule has 0 radical (unpaired) electrons. The van der Waals surface area contributed by atoms with Gasteiger partial charge in [0.15, 0.2) is 0 Å². The second-order valence-electron chi connectivity index (χ2n) is 6.39. The maximum atomic E-state index is 12.8. The van der Waals surface area contributed by atoms with Crippen molar-refractivity contribution in [3.8, 4) is 0 Å². The van der Waals surface area contributed by atoms with Gasteiger partial charge in [-0.1, -0.05) is 47.3 Å². The van der Waals surface area contributed by atoms with Gasteiger partial charge in [-0.3, -0.25) is 4.79 Å². The van der Waals surface area contributed by atoms with Crippen LogP contribution < -0.4 is 15.8 Å². The Hall–Kier alpha value is -1.64. The quantitative estimate of drug-likeness (QED) is 0.513. The van der Waals surface area contributed by atoms with E-state index in [4.69, 9.17) is 28.9 Å². The molecule has 9 heteroatoms. The first-order valence-electron chi connectivity index (χ1n) is 8.78. The third-order valence-electron chi connectivity index (χ3n) is 4.06. The summed E-state index contributed by atoms with van der Waals surface area (Å²) in [6.07, 6.45) is 1.58. The van der Waals surface area contributed by atoms with E-state index in [2.05, 4.69) is 10.0 Å². The summed E-state index contributed by atoms with van der Waals surface area (Å²) >= 11 is 11.9. The smallest absolute Gasteiger partial charge is 0.242 e. The zero-order chi connectivity index (χ0) is 20.7. The van der Waals surface area contributed by atoms with E-state index in [0.717, 1.165) is 5.56 Å². The first-order valence-corrected chi connectivity index (χ1v) is 11.0. The molecule has 1 amide bonds. The summed E-state index contributed by atoms with van der Waals surface area (Å²) in [5.74, 6) is -0.450. The Kier molecular flexibility index (Phi) is 8.27. The minimum atomic E-state index is -4.02. The lowest BCUT2D eigenvalue weighted by Gasteiger charge is -2.19. The van der Waals surface area contributed by atoms with Crippen LogP contribution in [0.4, 0.5) is 5.69 Å². The van der Waals surface area contributed by atoms with E-state index in [-0.39, 0.29) is 9.92 Å². The topological polar surface area (TPSA) is 101 Å². The molecule has 0 aromatic heterocycles. The van der Waals surface area contributed by atoms with E-state index in [0.29, 0.717) is 36.5 Å². The molecule has 0 spiro atoms. The largest absolute Gasteiger partial charge is 0.330 e. The maximum absolute atomic E-state index is 12.8. The molecule has 0 fully saturated rings. The van der Waals surface area contributed by atoms with Gasteiger partial charge in [0.05, 0.1) is 5.02 Å². The van der Waals surface area contributed by atoms with Gasteiger partial charge < -0.3 is 11.1 Å². The SMILES string of the molecule is Cc1ccc(NC(=O)[C@H](CCCCN)NS(=O)(=O)c2ccc(Cl)cc2Cl)cc1. The number of anilines is 1. The second-order valence-corrected chi connectivity index (χ2v) is 8.91. The minimum Gasteiger partial charge on any atom is -0.330 e. The number of hydrogen-bond donors (Lipinski definition) is 3. The number of aryl methyl sites for hydroxylation is 1. The molecule has 28 heavy (non-hydrogen) atoms. The molecule has 0 aliphatic carbocycles. The molecular formula is C19H23Cl2N3O3S. The molecule has 0 saturated carbocycles. The lowest BCUT2D eigenvalue weighted by molar-refractivity contribution is -0.117. The molecule has 152 valence electrons. The Morgan fingerprint density at radius 1 is 1.11 bits per heavy atom. The molecule has 0 aliphatic heterocycles. The van der Waals surface area contributed by atoms with Crippen molar-refractivity contribution >= 4 is 44.8 Å². The number of halogens is 2. The van der Waals surface area contributed by atoms with Crippen molar-refractivity contribution < 1.29 is 13.2 Å². The average Bonchev–Trinajstić information content (AvgIpc) is 2.62. The van der Waals surface area contributed by atoms with Crippen LogP contribution in [-0.4, -0.2) is 26.9 Å². The lowest BCUT2D eigenvalue weighted by Crippen LogP contribution is -2.43. The number of hydrogen-bond acceptors (Lipinski definition) is 4. The molecular weight excluding hydrogens is 421 g/mol. The Morgan fingerprint density at radius 3 is 2.39 bits per heavy atom. The van der Waals surface area contributed by atoms with Crippen molar-refractivity contribution in [3.63, 3.8) is 0 Å². The molecule has 4 N–H and O–H groups in total. The van der Waals surface area contributed by atoms with Crippen LogP contribution in [0.15, 0.2) is 47.4 Å². The normalized spacial score (nSPS) is 12.6. The van der Waals surface area contributed by atoms with Gasteiger partial charge in [0.1, 0.15) is 10.9 Å². The average molecular weight is 444 g/mol. The van der Waals surface area contributed by atoms with Crippen LogP contribution in [0.1, 0.15) is 24.8 Å². The van der Waals surface area contributed by atoms with Gasteiger partial charge in [-0.2, -0.15) is 4.72 Å². The van der Waals surface area contributed by atoms with E-state index in [1.807, 2.05) is 19.1 Å². The van der Waals surface area contributed by atoms with Crippen molar-refractivity contribution in [3.05, 3.63) is 58.1 Å². The van der Waals surface area contributed by atoms with E-state index < -0.39 is 22.0 Å². The zero-order valence-electron chi connectivity index (χ0n) is 15.4. The molecule has 2 aromatic rings. The number of benzene rings is 2. The number of nitrogens with two attached hydrogens (primary N) is 1. The summed E-state index contributed by atoms with van der Waals surface area (Å²) in [7, 11) is -4.02. The van der Waals surface area contributed by atoms with Crippen LogP contribution >= 0.6 is 23.2 Å². The Morgan fingerprint density at radius 2 is 1.79 bits per heavy atom. The predicted octanol–water partition coefficient (Wildman–Crippen LogP) is 3.72. The number of rotatable bonds is 9. The first kappa shape index (κ1) is 22.6. The van der Waals surface area contributed by atoms with Crippen LogP contribution in [0.2, 0.25) is 10.0 Å². The summed E-state index contributed by atoms with van der Waals surface area (Å²) < 4.78 is 28.0. The highest BCUT2D eigenvalue weighted by Gasteiger charge is 2.27. The third-order valence-corrected chi connectivity index (χ3v) is 6.25. The third kappa shape index (κ3) is 6.46. The highest BCUT2D eigenvalue weighted by molar-refractivity contribution is 7.89. The fourth-order valence-electron chi connectivity index (χ4n) is 2.55. The molecule has 0 unspecified atom stereocenters. The van der Waals surface area contributed by atoms with E-state index in [1.165, 1.54) is 18.2 Å². The molecule has 2 aromatic carbocycles. The van der Waals surface area contributed by atoms with Crippen molar-refractivity contribution in [1.29, 1.82) is 0 Å². The summed E-state index contributed by atoms with van der Waals surface area (Å²) in [4.78, 5) is 12.6. The van der Waals surface area contributed by atoms with Crippen molar-refractivity contribution in [2.45, 2.75) is 37.1 Å². The monoisotopic (exact) mass is 443 g/mol. The maximum Gasteiger partial charge on any atom is 0.242 e. The van der Waals surface area contributed by atoms with Gasteiger partial charge in [-0.05, 0) is 56.6 Å². The standard InChI is InChI=1S/C19H23Cl2N3O3S/c1-13-5-8-15(9-6-13)23-19(25)17(4-2-3-11-22)24-28(26,27)18-10-7-14(20)12-16(18)21/h5-10,12,17,24H,2-4,11,22H2,1H3,(H,23,25)/t17-/m0/s1. The number of amides is 1. The van der Waals surface area contributed by atoms with E-state index >= 15 is 0 Å². The van der Waals surface area contributed by atoms with E-state index in [1.54, 1.807) is 12.1 Å². The lowest BCUT2D eigenvalue weighted by atomic mass is 10.1. The summed E-state index contributed by atoms with van der Waals surface area (Å²) in [5.41, 5.74) is 7.15. The fourth-order valence-corrected chi connectivity index (χ4v) is 4.55. The molecule has 1 atom stereocenters. The molecule has 2 rings (SSSR count). The fraction of sp³-hybridized carbons (Fsp3) is 0.316. The Labute approximate surface area is 175 Å². The highest BCUT2D eigenvalue weighted by atomic mass is 35.5. The predicted molar refractivity (Wildman–Crippen MR) is 113 cm³/mol. The van der Waals surface area contributed by atoms with Crippen LogP contribution in [-0.2, 0) is 14.8 Å². The molecule has 6 nitrogen and oxygen atoms in total. The van der Waals surface area contributed by atoms with Crippen molar-refractivity contribution in [1.82, 2.24) is 4.72 Å². The molecule has 0 heterocycles. The number of nitrogens with one attached hydrogen (secondary N) is 2. The zero-order valence-corrected chi connectivity index (χ0v) is 17.7. The van der Waals surface area contributed by atoms with Gasteiger partial charge >= 0.3 is 0 Å². The number of unbranched alkanes of at least 4 members (excludes halogenated alkanes) is 1. The van der Waals surface area contributed by atoms with Gasteiger partial charge in [0.25, 0.3) is 0 Å². The van der Waals surface area contributed by atoms with Crippen LogP contribution in [0.5, 0.6) is 0 Å². The van der Waals surface area contributed by atoms with Crippen molar-refractivity contribution in [2.75, 3.05) is 11.9 Å². The van der Waals surface area contributed by atoms with Gasteiger partial charge in [-0.15, -0.1) is 0 Å². The Bertz CT molecular complexity index is 919. The number of carbonyl (C=O) groups excluding carboxylic acids is 1. The van der Waals surface area contributed by atoms with Crippen LogP contribution in [0.3, 0.4) is 0 Å².